The molecule has 3 heteroatoms. The van der Waals surface area contributed by atoms with Crippen LogP contribution in [0.15, 0.2) is 52.3 Å². The second-order valence-electron chi connectivity index (χ2n) is 5.23. The van der Waals surface area contributed by atoms with Crippen LogP contribution in [-0.4, -0.2) is 4.98 Å². The van der Waals surface area contributed by atoms with E-state index in [-0.39, 0.29) is 0 Å². The van der Waals surface area contributed by atoms with Crippen LogP contribution < -0.4 is 0 Å². The zero-order chi connectivity index (χ0) is 14.8. The minimum Gasteiger partial charge on any atom is -0.241 e. The van der Waals surface area contributed by atoms with Crippen LogP contribution in [0.2, 0.25) is 0 Å². The summed E-state index contributed by atoms with van der Waals surface area (Å²) in [4.78, 5) is 4.77. The van der Waals surface area contributed by atoms with Gasteiger partial charge in [0.15, 0.2) is 0 Å². The maximum atomic E-state index is 4.77. The van der Waals surface area contributed by atoms with E-state index in [4.69, 9.17) is 4.98 Å². The molecule has 3 aromatic rings. The Balaban J connectivity index is 1.83. The Morgan fingerprint density at radius 2 is 1.90 bits per heavy atom. The first-order valence-electron chi connectivity index (χ1n) is 6.88. The molecule has 0 aliphatic heterocycles. The Morgan fingerprint density at radius 1 is 1.05 bits per heavy atom. The van der Waals surface area contributed by atoms with E-state index in [2.05, 4.69) is 65.5 Å². The molecule has 0 unspecified atom stereocenters. The van der Waals surface area contributed by atoms with E-state index in [0.29, 0.717) is 0 Å². The molecule has 0 aliphatic carbocycles. The van der Waals surface area contributed by atoms with E-state index >= 15 is 0 Å². The number of thiazole rings is 1. The van der Waals surface area contributed by atoms with E-state index in [0.717, 1.165) is 27.2 Å². The highest BCUT2D eigenvalue weighted by molar-refractivity contribution is 9.10. The van der Waals surface area contributed by atoms with Crippen molar-refractivity contribution in [2.45, 2.75) is 20.3 Å². The topological polar surface area (TPSA) is 12.9 Å². The molecule has 0 aliphatic rings. The molecule has 1 nitrogen and oxygen atoms in total. The van der Waals surface area contributed by atoms with Gasteiger partial charge in [-0.15, -0.1) is 11.3 Å². The predicted molar refractivity (Wildman–Crippen MR) is 94.0 cm³/mol. The van der Waals surface area contributed by atoms with Gasteiger partial charge in [-0.3, -0.25) is 0 Å². The molecule has 0 radical (unpaired) electrons. The number of rotatable bonds is 3. The second-order valence-corrected chi connectivity index (χ2v) is 7.09. The molecular weight excluding hydrogens is 342 g/mol. The van der Waals surface area contributed by atoms with E-state index in [1.165, 1.54) is 16.7 Å². The second kappa shape index (κ2) is 6.12. The highest BCUT2D eigenvalue weighted by atomic mass is 79.9. The maximum Gasteiger partial charge on any atom is 0.0976 e. The molecule has 0 saturated carbocycles. The fourth-order valence-corrected chi connectivity index (χ4v) is 3.50. The van der Waals surface area contributed by atoms with Crippen molar-refractivity contribution in [1.29, 1.82) is 0 Å². The van der Waals surface area contributed by atoms with Gasteiger partial charge in [0.2, 0.25) is 0 Å². The van der Waals surface area contributed by atoms with E-state index in [1.807, 2.05) is 12.1 Å². The predicted octanol–water partition coefficient (Wildman–Crippen LogP) is 5.78. The summed E-state index contributed by atoms with van der Waals surface area (Å²) in [6.07, 6.45) is 0.903. The van der Waals surface area contributed by atoms with Gasteiger partial charge in [0.1, 0.15) is 0 Å². The summed E-state index contributed by atoms with van der Waals surface area (Å²) in [6.45, 7) is 4.31. The van der Waals surface area contributed by atoms with Gasteiger partial charge >= 0.3 is 0 Å². The van der Waals surface area contributed by atoms with Gasteiger partial charge in [-0.2, -0.15) is 0 Å². The summed E-state index contributed by atoms with van der Waals surface area (Å²) in [7, 11) is 0. The summed E-state index contributed by atoms with van der Waals surface area (Å²) in [5.41, 5.74) is 6.23. The molecule has 1 heterocycles. The van der Waals surface area contributed by atoms with Gasteiger partial charge in [-0.05, 0) is 42.7 Å². The number of aryl methyl sites for hydroxylation is 2. The summed E-state index contributed by atoms with van der Waals surface area (Å²) < 4.78 is 1.09. The average molecular weight is 358 g/mol. The molecule has 0 spiro atoms. The molecule has 0 amide bonds. The lowest BCUT2D eigenvalue weighted by molar-refractivity contribution is 1.13. The lowest BCUT2D eigenvalue weighted by Gasteiger charge is -2.03. The summed E-state index contributed by atoms with van der Waals surface area (Å²) in [5, 5.41) is 3.30. The molecule has 2 aromatic carbocycles. The highest BCUT2D eigenvalue weighted by Crippen LogP contribution is 2.26. The zero-order valence-corrected chi connectivity index (χ0v) is 14.5. The number of halogens is 1. The Labute approximate surface area is 137 Å². The third-order valence-electron chi connectivity index (χ3n) is 3.60. The van der Waals surface area contributed by atoms with Gasteiger partial charge in [0.25, 0.3) is 0 Å². The van der Waals surface area contributed by atoms with E-state index in [1.54, 1.807) is 11.3 Å². The zero-order valence-electron chi connectivity index (χ0n) is 12.1. The Kier molecular flexibility index (Phi) is 4.22. The number of hydrogen-bond donors (Lipinski definition) is 0. The van der Waals surface area contributed by atoms with Crippen LogP contribution in [0.1, 0.15) is 21.7 Å². The number of nitrogens with zero attached hydrogens (tertiary/aromatic N) is 1. The summed E-state index contributed by atoms with van der Waals surface area (Å²) >= 11 is 5.24. The van der Waals surface area contributed by atoms with Gasteiger partial charge in [-0.1, -0.05) is 46.3 Å². The molecular formula is C18H16BrNS. The van der Waals surface area contributed by atoms with Crippen LogP contribution in [0.25, 0.3) is 11.3 Å². The molecule has 0 atom stereocenters. The minimum absolute atomic E-state index is 0.903. The van der Waals surface area contributed by atoms with Crippen LogP contribution in [0.5, 0.6) is 0 Å². The normalized spacial score (nSPS) is 10.8. The van der Waals surface area contributed by atoms with Crippen LogP contribution in [0, 0.1) is 13.8 Å². The van der Waals surface area contributed by atoms with Crippen LogP contribution in [-0.2, 0) is 6.42 Å². The maximum absolute atomic E-state index is 4.77. The number of hydrogen-bond acceptors (Lipinski definition) is 2. The van der Waals surface area contributed by atoms with Gasteiger partial charge in [0.05, 0.1) is 10.7 Å². The quantitative estimate of drug-likeness (QED) is 0.578. The third-order valence-corrected chi connectivity index (χ3v) is 4.94. The van der Waals surface area contributed by atoms with E-state index in [9.17, 15) is 0 Å². The SMILES string of the molecule is Cc1ccc(Cc2nc(-c3cccc(Br)c3)cs2)cc1C. The van der Waals surface area contributed by atoms with Crippen molar-refractivity contribution in [1.82, 2.24) is 4.98 Å². The molecule has 0 fully saturated rings. The fraction of sp³-hybridized carbons (Fsp3) is 0.167. The van der Waals surface area contributed by atoms with Crippen molar-refractivity contribution in [2.75, 3.05) is 0 Å². The van der Waals surface area contributed by atoms with Gasteiger partial charge < -0.3 is 0 Å². The lowest BCUT2D eigenvalue weighted by Crippen LogP contribution is -1.90. The van der Waals surface area contributed by atoms with Crippen molar-refractivity contribution < 1.29 is 0 Å². The van der Waals surface area contributed by atoms with Crippen LogP contribution in [0.3, 0.4) is 0 Å². The first-order chi connectivity index (χ1) is 10.1. The standard InChI is InChI=1S/C18H16BrNS/c1-12-6-7-14(8-13(12)2)9-18-20-17(11-21-18)15-4-3-5-16(19)10-15/h3-8,10-11H,9H2,1-2H3. The summed E-state index contributed by atoms with van der Waals surface area (Å²) in [6, 6.07) is 14.9. The van der Waals surface area contributed by atoms with Gasteiger partial charge in [-0.25, -0.2) is 4.98 Å². The van der Waals surface area contributed by atoms with Gasteiger partial charge in [0, 0.05) is 21.8 Å². The molecule has 0 saturated heterocycles. The Morgan fingerprint density at radius 3 is 2.67 bits per heavy atom. The van der Waals surface area contributed by atoms with Crippen molar-refractivity contribution in [3.63, 3.8) is 0 Å². The first-order valence-corrected chi connectivity index (χ1v) is 8.55. The number of aromatic nitrogens is 1. The lowest BCUT2D eigenvalue weighted by atomic mass is 10.0. The third kappa shape index (κ3) is 3.42. The Hall–Kier alpha value is -1.45. The van der Waals surface area contributed by atoms with Crippen LogP contribution in [0.4, 0.5) is 0 Å². The molecule has 3 rings (SSSR count). The van der Waals surface area contributed by atoms with Crippen molar-refractivity contribution >= 4 is 27.3 Å². The van der Waals surface area contributed by atoms with Crippen LogP contribution >= 0.6 is 27.3 Å². The molecule has 1 aromatic heterocycles. The molecule has 0 bridgehead atoms. The molecule has 21 heavy (non-hydrogen) atoms. The van der Waals surface area contributed by atoms with Crippen molar-refractivity contribution in [3.8, 4) is 11.3 Å². The molecule has 0 N–H and O–H groups in total. The van der Waals surface area contributed by atoms with Crippen molar-refractivity contribution in [2.24, 2.45) is 0 Å². The largest absolute Gasteiger partial charge is 0.241 e. The first kappa shape index (κ1) is 14.5. The number of benzene rings is 2. The Bertz CT molecular complexity index is 776. The fourth-order valence-electron chi connectivity index (χ4n) is 2.26. The highest BCUT2D eigenvalue weighted by Gasteiger charge is 2.06. The minimum atomic E-state index is 0.903. The summed E-state index contributed by atoms with van der Waals surface area (Å²) in [5.74, 6) is 0. The average Bonchev–Trinajstić information content (AvgIpc) is 2.91. The van der Waals surface area contributed by atoms with E-state index < -0.39 is 0 Å². The molecule has 106 valence electrons. The smallest absolute Gasteiger partial charge is 0.0976 e. The monoisotopic (exact) mass is 357 g/mol. The van der Waals surface area contributed by atoms with Crippen molar-refractivity contribution in [3.05, 3.63) is 74.0 Å².